The standard InChI is InChI=1S/C15H21NO/c17-15(12-6-2-1-3-7-12)10-11-16-14-9-5-4-8-13(14)15/h1-3,6-7,13-14,16-17H,4-5,8-11H2/t13-,14-,15+/m1/s1. The molecule has 0 spiro atoms. The van der Waals surface area contributed by atoms with Crippen LogP contribution in [0.4, 0.5) is 0 Å². The summed E-state index contributed by atoms with van der Waals surface area (Å²) in [5, 5.41) is 14.7. The molecule has 1 heterocycles. The molecule has 17 heavy (non-hydrogen) atoms. The first-order valence-electron chi connectivity index (χ1n) is 6.82. The lowest BCUT2D eigenvalue weighted by Crippen LogP contribution is -2.55. The fourth-order valence-electron chi connectivity index (χ4n) is 3.67. The van der Waals surface area contributed by atoms with Gasteiger partial charge < -0.3 is 10.4 Å². The Balaban J connectivity index is 1.94. The number of piperidine rings is 1. The number of fused-ring (bicyclic) bond motifs is 1. The van der Waals surface area contributed by atoms with Crippen molar-refractivity contribution in [2.75, 3.05) is 6.54 Å². The van der Waals surface area contributed by atoms with Gasteiger partial charge in [0.1, 0.15) is 0 Å². The number of nitrogens with one attached hydrogen (secondary N) is 1. The molecule has 1 saturated carbocycles. The van der Waals surface area contributed by atoms with Crippen LogP contribution in [0.3, 0.4) is 0 Å². The second-order valence-corrected chi connectivity index (χ2v) is 5.49. The van der Waals surface area contributed by atoms with Gasteiger partial charge in [0.25, 0.3) is 0 Å². The van der Waals surface area contributed by atoms with E-state index >= 15 is 0 Å². The van der Waals surface area contributed by atoms with Gasteiger partial charge in [0.15, 0.2) is 0 Å². The van der Waals surface area contributed by atoms with Crippen LogP contribution >= 0.6 is 0 Å². The maximum Gasteiger partial charge on any atom is 0.0951 e. The third kappa shape index (κ3) is 1.90. The lowest BCUT2D eigenvalue weighted by Gasteiger charge is -2.48. The van der Waals surface area contributed by atoms with E-state index in [1.165, 1.54) is 19.3 Å². The van der Waals surface area contributed by atoms with Crippen molar-refractivity contribution in [2.24, 2.45) is 5.92 Å². The normalized spacial score (nSPS) is 37.5. The van der Waals surface area contributed by atoms with Crippen LogP contribution in [0.5, 0.6) is 0 Å². The number of rotatable bonds is 1. The first-order valence-corrected chi connectivity index (χ1v) is 6.82. The molecule has 2 nitrogen and oxygen atoms in total. The largest absolute Gasteiger partial charge is 0.385 e. The number of hydrogen-bond donors (Lipinski definition) is 2. The molecule has 3 rings (SSSR count). The van der Waals surface area contributed by atoms with Crippen LogP contribution in [-0.4, -0.2) is 17.7 Å². The molecule has 0 unspecified atom stereocenters. The summed E-state index contributed by atoms with van der Waals surface area (Å²) in [6, 6.07) is 10.8. The Labute approximate surface area is 103 Å². The van der Waals surface area contributed by atoms with Gasteiger partial charge >= 0.3 is 0 Å². The average molecular weight is 231 g/mol. The molecule has 1 saturated heterocycles. The van der Waals surface area contributed by atoms with Gasteiger partial charge in [-0.1, -0.05) is 43.2 Å². The van der Waals surface area contributed by atoms with Crippen LogP contribution in [0.25, 0.3) is 0 Å². The lowest BCUT2D eigenvalue weighted by molar-refractivity contribution is -0.0780. The summed E-state index contributed by atoms with van der Waals surface area (Å²) in [6.07, 6.45) is 5.79. The van der Waals surface area contributed by atoms with Crippen molar-refractivity contribution in [3.63, 3.8) is 0 Å². The predicted octanol–water partition coefficient (Wildman–Crippen LogP) is 2.43. The average Bonchev–Trinajstić information content (AvgIpc) is 2.40. The Hall–Kier alpha value is -0.860. The molecule has 1 aromatic rings. The summed E-state index contributed by atoms with van der Waals surface area (Å²) in [5.41, 5.74) is 0.510. The van der Waals surface area contributed by atoms with Crippen molar-refractivity contribution < 1.29 is 5.11 Å². The topological polar surface area (TPSA) is 32.3 Å². The molecule has 1 aliphatic carbocycles. The van der Waals surface area contributed by atoms with Gasteiger partial charge in [0.2, 0.25) is 0 Å². The Morgan fingerprint density at radius 1 is 1.12 bits per heavy atom. The van der Waals surface area contributed by atoms with Crippen LogP contribution in [-0.2, 0) is 5.60 Å². The third-order valence-corrected chi connectivity index (χ3v) is 4.57. The van der Waals surface area contributed by atoms with Gasteiger partial charge in [0.05, 0.1) is 5.60 Å². The van der Waals surface area contributed by atoms with Crippen LogP contribution in [0.15, 0.2) is 30.3 Å². The molecule has 1 aliphatic heterocycles. The predicted molar refractivity (Wildman–Crippen MR) is 68.7 cm³/mol. The summed E-state index contributed by atoms with van der Waals surface area (Å²) >= 11 is 0. The number of hydrogen-bond acceptors (Lipinski definition) is 2. The van der Waals surface area contributed by atoms with E-state index in [1.807, 2.05) is 18.2 Å². The smallest absolute Gasteiger partial charge is 0.0951 e. The summed E-state index contributed by atoms with van der Waals surface area (Å²) in [6.45, 7) is 0.937. The van der Waals surface area contributed by atoms with Crippen molar-refractivity contribution in [3.8, 4) is 0 Å². The molecule has 3 atom stereocenters. The van der Waals surface area contributed by atoms with Gasteiger partial charge in [0, 0.05) is 12.0 Å². The minimum absolute atomic E-state index is 0.396. The van der Waals surface area contributed by atoms with Gasteiger partial charge in [-0.05, 0) is 31.4 Å². The molecule has 2 fully saturated rings. The van der Waals surface area contributed by atoms with E-state index in [0.29, 0.717) is 12.0 Å². The zero-order valence-electron chi connectivity index (χ0n) is 10.2. The van der Waals surface area contributed by atoms with E-state index in [9.17, 15) is 5.11 Å². The Morgan fingerprint density at radius 2 is 1.88 bits per heavy atom. The molecular formula is C15H21NO. The minimum Gasteiger partial charge on any atom is -0.385 e. The zero-order chi connectivity index (χ0) is 11.7. The fraction of sp³-hybridized carbons (Fsp3) is 0.600. The molecule has 0 amide bonds. The summed E-state index contributed by atoms with van der Waals surface area (Å²) in [5.74, 6) is 0.396. The zero-order valence-corrected chi connectivity index (χ0v) is 10.2. The van der Waals surface area contributed by atoms with Crippen LogP contribution in [0.2, 0.25) is 0 Å². The molecule has 2 heteroatoms. The molecule has 2 N–H and O–H groups in total. The van der Waals surface area contributed by atoms with Crippen molar-refractivity contribution >= 4 is 0 Å². The summed E-state index contributed by atoms with van der Waals surface area (Å²) < 4.78 is 0. The Kier molecular flexibility index (Phi) is 2.93. The molecular weight excluding hydrogens is 210 g/mol. The van der Waals surface area contributed by atoms with E-state index in [4.69, 9.17) is 0 Å². The molecule has 92 valence electrons. The van der Waals surface area contributed by atoms with Crippen LogP contribution < -0.4 is 5.32 Å². The Bertz CT molecular complexity index is 376. The SMILES string of the molecule is O[C@]1(c2ccccc2)CCN[C@@H]2CCCC[C@H]21. The van der Waals surface area contributed by atoms with Crippen molar-refractivity contribution in [1.29, 1.82) is 0 Å². The highest BCUT2D eigenvalue weighted by Crippen LogP contribution is 2.43. The van der Waals surface area contributed by atoms with E-state index in [2.05, 4.69) is 17.4 Å². The van der Waals surface area contributed by atoms with Gasteiger partial charge in [-0.3, -0.25) is 0 Å². The minimum atomic E-state index is -0.600. The van der Waals surface area contributed by atoms with Gasteiger partial charge in [-0.2, -0.15) is 0 Å². The maximum absolute atomic E-state index is 11.1. The molecule has 0 bridgehead atoms. The van der Waals surface area contributed by atoms with E-state index in [0.717, 1.165) is 24.9 Å². The van der Waals surface area contributed by atoms with Gasteiger partial charge in [-0.15, -0.1) is 0 Å². The summed E-state index contributed by atoms with van der Waals surface area (Å²) in [4.78, 5) is 0. The van der Waals surface area contributed by atoms with Crippen LogP contribution in [0, 0.1) is 5.92 Å². The maximum atomic E-state index is 11.1. The first-order chi connectivity index (χ1) is 8.31. The second kappa shape index (κ2) is 4.43. The van der Waals surface area contributed by atoms with E-state index in [1.54, 1.807) is 0 Å². The van der Waals surface area contributed by atoms with Crippen molar-refractivity contribution in [3.05, 3.63) is 35.9 Å². The van der Waals surface area contributed by atoms with Gasteiger partial charge in [-0.25, -0.2) is 0 Å². The lowest BCUT2D eigenvalue weighted by atomic mass is 9.67. The highest BCUT2D eigenvalue weighted by atomic mass is 16.3. The van der Waals surface area contributed by atoms with Crippen LogP contribution in [0.1, 0.15) is 37.7 Å². The van der Waals surface area contributed by atoms with Crippen molar-refractivity contribution in [1.82, 2.24) is 5.32 Å². The van der Waals surface area contributed by atoms with Crippen molar-refractivity contribution in [2.45, 2.75) is 43.7 Å². The van der Waals surface area contributed by atoms with E-state index in [-0.39, 0.29) is 0 Å². The highest BCUT2D eigenvalue weighted by Gasteiger charge is 2.45. The molecule has 2 aliphatic rings. The Morgan fingerprint density at radius 3 is 2.71 bits per heavy atom. The molecule has 1 aromatic carbocycles. The molecule has 0 aromatic heterocycles. The molecule has 0 radical (unpaired) electrons. The fourth-order valence-corrected chi connectivity index (χ4v) is 3.67. The second-order valence-electron chi connectivity index (χ2n) is 5.49. The number of aliphatic hydroxyl groups is 1. The summed E-state index contributed by atoms with van der Waals surface area (Å²) in [7, 11) is 0. The van der Waals surface area contributed by atoms with E-state index < -0.39 is 5.60 Å². The monoisotopic (exact) mass is 231 g/mol. The quantitative estimate of drug-likeness (QED) is 0.778. The third-order valence-electron chi connectivity index (χ3n) is 4.57. The first kappa shape index (κ1) is 11.2. The number of benzene rings is 1. The highest BCUT2D eigenvalue weighted by molar-refractivity contribution is 5.25.